The predicted molar refractivity (Wildman–Crippen MR) is 101 cm³/mol. The summed E-state index contributed by atoms with van der Waals surface area (Å²) >= 11 is 0. The van der Waals surface area contributed by atoms with Crippen molar-refractivity contribution in [2.45, 2.75) is 19.8 Å². The first kappa shape index (κ1) is 16.6. The molecule has 3 aromatic rings. The third-order valence-electron chi connectivity index (χ3n) is 4.85. The van der Waals surface area contributed by atoms with Gasteiger partial charge in [-0.2, -0.15) is 0 Å². The Kier molecular flexibility index (Phi) is 4.56. The highest BCUT2D eigenvalue weighted by atomic mass is 16.5. The van der Waals surface area contributed by atoms with E-state index in [9.17, 15) is 4.79 Å². The summed E-state index contributed by atoms with van der Waals surface area (Å²) < 4.78 is 7.49. The Morgan fingerprint density at radius 2 is 2.04 bits per heavy atom. The molecule has 1 aliphatic heterocycles. The van der Waals surface area contributed by atoms with Crippen molar-refractivity contribution in [1.82, 2.24) is 14.4 Å². The molecule has 0 bridgehead atoms. The topological polar surface area (TPSA) is 59.7 Å². The molecule has 1 aliphatic rings. The van der Waals surface area contributed by atoms with Crippen LogP contribution in [0.25, 0.3) is 5.65 Å². The van der Waals surface area contributed by atoms with E-state index in [4.69, 9.17) is 4.74 Å². The van der Waals surface area contributed by atoms with E-state index >= 15 is 0 Å². The molecule has 4 heterocycles. The van der Waals surface area contributed by atoms with Crippen molar-refractivity contribution in [3.63, 3.8) is 0 Å². The van der Waals surface area contributed by atoms with Crippen LogP contribution in [0.4, 0.5) is 5.82 Å². The first-order valence-electron chi connectivity index (χ1n) is 8.98. The molecule has 0 atom stereocenters. The molecule has 0 spiro atoms. The van der Waals surface area contributed by atoms with Crippen LogP contribution in [-0.2, 0) is 0 Å². The molecule has 0 unspecified atom stereocenters. The summed E-state index contributed by atoms with van der Waals surface area (Å²) in [5.74, 6) is 2.16. The summed E-state index contributed by atoms with van der Waals surface area (Å²) in [5.41, 5.74) is 1.61. The molecule has 6 nitrogen and oxygen atoms in total. The molecular formula is C20H22N4O2. The summed E-state index contributed by atoms with van der Waals surface area (Å²) in [4.78, 5) is 23.3. The van der Waals surface area contributed by atoms with Crippen LogP contribution >= 0.6 is 0 Å². The van der Waals surface area contributed by atoms with Gasteiger partial charge in [-0.1, -0.05) is 6.07 Å². The van der Waals surface area contributed by atoms with E-state index in [0.717, 1.165) is 43.2 Å². The van der Waals surface area contributed by atoms with Gasteiger partial charge in [-0.25, -0.2) is 4.98 Å². The smallest absolute Gasteiger partial charge is 0.259 e. The Morgan fingerprint density at radius 1 is 1.19 bits per heavy atom. The number of ether oxygens (including phenoxy) is 1. The molecule has 0 N–H and O–H groups in total. The number of aromatic nitrogens is 3. The number of nitrogens with zero attached hydrogens (tertiary/aromatic N) is 4. The standard InChI is InChI=1S/C20H22N4O2/c1-15-12-17(5-8-21-15)26-14-16-6-10-23(11-7-16)19-13-20(25)24-9-3-2-4-18(24)22-19/h2-5,8-9,12-13,16H,6-7,10-11,14H2,1H3. The van der Waals surface area contributed by atoms with E-state index in [-0.39, 0.29) is 5.56 Å². The predicted octanol–water partition coefficient (Wildman–Crippen LogP) is 2.69. The van der Waals surface area contributed by atoms with Gasteiger partial charge in [-0.05, 0) is 43.9 Å². The SMILES string of the molecule is Cc1cc(OCC2CCN(c3cc(=O)n4ccccc4n3)CC2)ccn1. The molecule has 3 aromatic heterocycles. The Labute approximate surface area is 152 Å². The van der Waals surface area contributed by atoms with Crippen molar-refractivity contribution in [1.29, 1.82) is 0 Å². The van der Waals surface area contributed by atoms with Crippen molar-refractivity contribution < 1.29 is 4.74 Å². The molecule has 0 amide bonds. The largest absolute Gasteiger partial charge is 0.493 e. The lowest BCUT2D eigenvalue weighted by Gasteiger charge is -2.32. The molecule has 6 heteroatoms. The molecule has 4 rings (SSSR count). The summed E-state index contributed by atoms with van der Waals surface area (Å²) in [6.07, 6.45) is 5.58. The van der Waals surface area contributed by atoms with Gasteiger partial charge in [0.05, 0.1) is 6.61 Å². The lowest BCUT2D eigenvalue weighted by molar-refractivity contribution is 0.222. The molecule has 134 valence electrons. The average molecular weight is 350 g/mol. The number of aryl methyl sites for hydroxylation is 1. The monoisotopic (exact) mass is 350 g/mol. The third kappa shape index (κ3) is 3.54. The number of hydrogen-bond acceptors (Lipinski definition) is 5. The second kappa shape index (κ2) is 7.15. The van der Waals surface area contributed by atoms with Crippen molar-refractivity contribution in [3.05, 3.63) is 64.8 Å². The van der Waals surface area contributed by atoms with Crippen LogP contribution in [0, 0.1) is 12.8 Å². The zero-order valence-electron chi connectivity index (χ0n) is 14.8. The Bertz CT molecular complexity index is 961. The Hall–Kier alpha value is -2.89. The second-order valence-corrected chi connectivity index (χ2v) is 6.76. The van der Waals surface area contributed by atoms with Gasteiger partial charge in [0.2, 0.25) is 0 Å². The summed E-state index contributed by atoms with van der Waals surface area (Å²) in [6, 6.07) is 11.1. The lowest BCUT2D eigenvalue weighted by atomic mass is 9.98. The average Bonchev–Trinajstić information content (AvgIpc) is 2.67. The summed E-state index contributed by atoms with van der Waals surface area (Å²) in [6.45, 7) is 4.45. The van der Waals surface area contributed by atoms with Crippen molar-refractivity contribution >= 4 is 11.5 Å². The fourth-order valence-corrected chi connectivity index (χ4v) is 3.36. The molecule has 1 saturated heterocycles. The fraction of sp³-hybridized carbons (Fsp3) is 0.350. The maximum absolute atomic E-state index is 12.3. The van der Waals surface area contributed by atoms with Crippen LogP contribution in [0.3, 0.4) is 0 Å². The highest BCUT2D eigenvalue weighted by molar-refractivity contribution is 5.48. The van der Waals surface area contributed by atoms with Crippen LogP contribution in [-0.4, -0.2) is 34.1 Å². The third-order valence-corrected chi connectivity index (χ3v) is 4.85. The number of fused-ring (bicyclic) bond motifs is 1. The molecule has 0 radical (unpaired) electrons. The zero-order valence-corrected chi connectivity index (χ0v) is 14.8. The Morgan fingerprint density at radius 3 is 2.85 bits per heavy atom. The number of anilines is 1. The molecule has 1 fully saturated rings. The minimum atomic E-state index is -0.0379. The molecule has 26 heavy (non-hydrogen) atoms. The van der Waals surface area contributed by atoms with Crippen molar-refractivity contribution in [2.75, 3.05) is 24.6 Å². The van der Waals surface area contributed by atoms with Crippen LogP contribution in [0.2, 0.25) is 0 Å². The van der Waals surface area contributed by atoms with Gasteiger partial charge < -0.3 is 9.64 Å². The number of hydrogen-bond donors (Lipinski definition) is 0. The quantitative estimate of drug-likeness (QED) is 0.724. The van der Waals surface area contributed by atoms with Gasteiger partial charge >= 0.3 is 0 Å². The van der Waals surface area contributed by atoms with Gasteiger partial charge in [0, 0.05) is 43.3 Å². The first-order chi connectivity index (χ1) is 12.7. The van der Waals surface area contributed by atoms with Crippen LogP contribution in [0.15, 0.2) is 53.6 Å². The number of piperidine rings is 1. The highest BCUT2D eigenvalue weighted by Gasteiger charge is 2.21. The summed E-state index contributed by atoms with van der Waals surface area (Å²) in [5, 5.41) is 0. The maximum Gasteiger partial charge on any atom is 0.259 e. The van der Waals surface area contributed by atoms with Crippen molar-refractivity contribution in [2.24, 2.45) is 5.92 Å². The van der Waals surface area contributed by atoms with E-state index < -0.39 is 0 Å². The number of rotatable bonds is 4. The maximum atomic E-state index is 12.3. The second-order valence-electron chi connectivity index (χ2n) is 6.76. The van der Waals surface area contributed by atoms with Gasteiger partial charge in [0.15, 0.2) is 0 Å². The van der Waals surface area contributed by atoms with Gasteiger partial charge in [0.25, 0.3) is 5.56 Å². The van der Waals surface area contributed by atoms with Crippen LogP contribution < -0.4 is 15.2 Å². The Balaban J connectivity index is 1.38. The van der Waals surface area contributed by atoms with E-state index in [0.29, 0.717) is 18.2 Å². The van der Waals surface area contributed by atoms with E-state index in [1.807, 2.05) is 37.3 Å². The molecular weight excluding hydrogens is 328 g/mol. The summed E-state index contributed by atoms with van der Waals surface area (Å²) in [7, 11) is 0. The van der Waals surface area contributed by atoms with Gasteiger partial charge in [-0.15, -0.1) is 0 Å². The number of pyridine rings is 2. The molecule has 0 aliphatic carbocycles. The van der Waals surface area contributed by atoms with E-state index in [2.05, 4.69) is 14.9 Å². The van der Waals surface area contributed by atoms with E-state index in [1.54, 1.807) is 22.9 Å². The van der Waals surface area contributed by atoms with Crippen LogP contribution in [0.5, 0.6) is 5.75 Å². The highest BCUT2D eigenvalue weighted by Crippen LogP contribution is 2.22. The minimum Gasteiger partial charge on any atom is -0.493 e. The lowest BCUT2D eigenvalue weighted by Crippen LogP contribution is -2.36. The fourth-order valence-electron chi connectivity index (χ4n) is 3.36. The molecule has 0 aromatic carbocycles. The normalized spacial score (nSPS) is 15.3. The van der Waals surface area contributed by atoms with E-state index in [1.165, 1.54) is 0 Å². The van der Waals surface area contributed by atoms with Gasteiger partial charge in [-0.3, -0.25) is 14.2 Å². The minimum absolute atomic E-state index is 0.0379. The van der Waals surface area contributed by atoms with Crippen molar-refractivity contribution in [3.8, 4) is 5.75 Å². The first-order valence-corrected chi connectivity index (χ1v) is 8.98. The van der Waals surface area contributed by atoms with Gasteiger partial charge in [0.1, 0.15) is 17.2 Å². The molecule has 0 saturated carbocycles. The van der Waals surface area contributed by atoms with Crippen LogP contribution in [0.1, 0.15) is 18.5 Å². The zero-order chi connectivity index (χ0) is 17.9.